The molecule has 1 N–H and O–H groups in total. The van der Waals surface area contributed by atoms with E-state index in [4.69, 9.17) is 0 Å². The molecule has 2 saturated heterocycles. The molecule has 0 amide bonds. The second-order valence-corrected chi connectivity index (χ2v) is 5.49. The lowest BCUT2D eigenvalue weighted by Crippen LogP contribution is -2.31. The third-order valence-electron chi connectivity index (χ3n) is 4.03. The lowest BCUT2D eigenvalue weighted by molar-refractivity contribution is 0.372. The van der Waals surface area contributed by atoms with Crippen molar-refractivity contribution in [2.24, 2.45) is 5.92 Å². The normalized spacial score (nSPS) is 24.4. The van der Waals surface area contributed by atoms with Crippen LogP contribution in [0, 0.1) is 5.92 Å². The first-order chi connectivity index (χ1) is 8.92. The van der Waals surface area contributed by atoms with Gasteiger partial charge in [-0.1, -0.05) is 0 Å². The maximum Gasteiger partial charge on any atom is 0.151 e. The number of nitrogens with one attached hydrogen (secondary N) is 1. The van der Waals surface area contributed by atoms with Crippen molar-refractivity contribution < 1.29 is 0 Å². The highest BCUT2D eigenvalue weighted by Crippen LogP contribution is 2.19. The van der Waals surface area contributed by atoms with Crippen LogP contribution in [0.3, 0.4) is 0 Å². The molecule has 4 heteroatoms. The van der Waals surface area contributed by atoms with E-state index in [0.29, 0.717) is 0 Å². The summed E-state index contributed by atoms with van der Waals surface area (Å²) in [6.07, 6.45) is 6.27. The first-order valence-corrected chi connectivity index (χ1v) is 7.20. The molecule has 2 aliphatic heterocycles. The molecule has 1 aromatic rings. The molecule has 0 bridgehead atoms. The van der Waals surface area contributed by atoms with Crippen LogP contribution in [0.4, 0.5) is 5.82 Å². The summed E-state index contributed by atoms with van der Waals surface area (Å²) in [5, 5.41) is 12.2. The molecule has 98 valence electrons. The second-order valence-electron chi connectivity index (χ2n) is 5.49. The Morgan fingerprint density at radius 2 is 2.06 bits per heavy atom. The van der Waals surface area contributed by atoms with Crippen LogP contribution in [0.1, 0.15) is 31.4 Å². The number of hydrogen-bond acceptors (Lipinski definition) is 4. The SMILES string of the molecule is c1cc(N2CCCC2)nnc1C[C@H]1CCCNC1. The maximum absolute atomic E-state index is 4.40. The smallest absolute Gasteiger partial charge is 0.151 e. The summed E-state index contributed by atoms with van der Waals surface area (Å²) in [5.74, 6) is 1.80. The first kappa shape index (κ1) is 11.9. The molecule has 0 saturated carbocycles. The lowest BCUT2D eigenvalue weighted by atomic mass is 9.95. The van der Waals surface area contributed by atoms with E-state index in [1.807, 2.05) is 0 Å². The molecule has 3 rings (SSSR count). The molecular formula is C14H22N4. The van der Waals surface area contributed by atoms with E-state index < -0.39 is 0 Å². The van der Waals surface area contributed by atoms with E-state index in [2.05, 4.69) is 32.5 Å². The van der Waals surface area contributed by atoms with Crippen LogP contribution in [0.2, 0.25) is 0 Å². The minimum Gasteiger partial charge on any atom is -0.355 e. The van der Waals surface area contributed by atoms with Crippen LogP contribution < -0.4 is 10.2 Å². The number of piperidine rings is 1. The highest BCUT2D eigenvalue weighted by Gasteiger charge is 2.16. The Labute approximate surface area is 109 Å². The molecule has 0 radical (unpaired) electrons. The van der Waals surface area contributed by atoms with Crippen molar-refractivity contribution in [3.05, 3.63) is 17.8 Å². The Bertz CT molecular complexity index is 364. The Hall–Kier alpha value is -1.16. The molecule has 1 atom stereocenters. The van der Waals surface area contributed by atoms with Gasteiger partial charge in [-0.2, -0.15) is 5.10 Å². The summed E-state index contributed by atoms with van der Waals surface area (Å²) in [6, 6.07) is 4.30. The van der Waals surface area contributed by atoms with Crippen molar-refractivity contribution >= 4 is 5.82 Å². The van der Waals surface area contributed by atoms with Gasteiger partial charge in [-0.15, -0.1) is 5.10 Å². The predicted octanol–water partition coefficient (Wildman–Crippen LogP) is 1.62. The third-order valence-corrected chi connectivity index (χ3v) is 4.03. The number of hydrogen-bond donors (Lipinski definition) is 1. The van der Waals surface area contributed by atoms with Gasteiger partial charge in [0.2, 0.25) is 0 Å². The second kappa shape index (κ2) is 5.65. The molecule has 2 aliphatic rings. The van der Waals surface area contributed by atoms with E-state index in [-0.39, 0.29) is 0 Å². The molecule has 0 aromatic carbocycles. The Morgan fingerprint density at radius 1 is 1.17 bits per heavy atom. The van der Waals surface area contributed by atoms with E-state index in [1.165, 1.54) is 32.2 Å². The van der Waals surface area contributed by atoms with Crippen LogP contribution in [0.5, 0.6) is 0 Å². The molecule has 0 unspecified atom stereocenters. The zero-order valence-corrected chi connectivity index (χ0v) is 10.9. The van der Waals surface area contributed by atoms with E-state index in [1.54, 1.807) is 0 Å². The van der Waals surface area contributed by atoms with Gasteiger partial charge in [-0.05, 0) is 63.2 Å². The average Bonchev–Trinajstić information content (AvgIpc) is 2.95. The highest BCUT2D eigenvalue weighted by atomic mass is 15.3. The lowest BCUT2D eigenvalue weighted by Gasteiger charge is -2.22. The molecule has 0 spiro atoms. The summed E-state index contributed by atoms with van der Waals surface area (Å²) in [6.45, 7) is 4.59. The summed E-state index contributed by atoms with van der Waals surface area (Å²) in [7, 11) is 0. The van der Waals surface area contributed by atoms with Gasteiger partial charge in [0.25, 0.3) is 0 Å². The molecule has 4 nitrogen and oxygen atoms in total. The molecule has 1 aromatic heterocycles. The first-order valence-electron chi connectivity index (χ1n) is 7.20. The summed E-state index contributed by atoms with van der Waals surface area (Å²) >= 11 is 0. The van der Waals surface area contributed by atoms with Crippen LogP contribution in [0.25, 0.3) is 0 Å². The van der Waals surface area contributed by atoms with Gasteiger partial charge in [0.1, 0.15) is 0 Å². The fourth-order valence-corrected chi connectivity index (χ4v) is 2.97. The van der Waals surface area contributed by atoms with E-state index in [9.17, 15) is 0 Å². The highest BCUT2D eigenvalue weighted by molar-refractivity contribution is 5.38. The van der Waals surface area contributed by atoms with Crippen molar-refractivity contribution in [3.8, 4) is 0 Å². The summed E-state index contributed by atoms with van der Waals surface area (Å²) in [5.41, 5.74) is 1.15. The van der Waals surface area contributed by atoms with Gasteiger partial charge in [-0.25, -0.2) is 0 Å². The standard InChI is InChI=1S/C14H22N4/c1-2-9-18(8-1)14-6-5-13(16-17-14)10-12-4-3-7-15-11-12/h5-6,12,15H,1-4,7-11H2/t12-/m1/s1. The Kier molecular flexibility index (Phi) is 3.74. The van der Waals surface area contributed by atoms with Gasteiger partial charge in [0, 0.05) is 13.1 Å². The molecule has 2 fully saturated rings. The van der Waals surface area contributed by atoms with Gasteiger partial charge in [0.15, 0.2) is 5.82 Å². The van der Waals surface area contributed by atoms with Crippen molar-refractivity contribution in [1.82, 2.24) is 15.5 Å². The van der Waals surface area contributed by atoms with Crippen LogP contribution in [0.15, 0.2) is 12.1 Å². The molecule has 3 heterocycles. The summed E-state index contributed by atoms with van der Waals surface area (Å²) in [4.78, 5) is 2.33. The largest absolute Gasteiger partial charge is 0.355 e. The fourth-order valence-electron chi connectivity index (χ4n) is 2.97. The predicted molar refractivity (Wildman–Crippen MR) is 72.8 cm³/mol. The average molecular weight is 246 g/mol. The number of aromatic nitrogens is 2. The zero-order chi connectivity index (χ0) is 12.2. The van der Waals surface area contributed by atoms with Crippen LogP contribution in [-0.2, 0) is 6.42 Å². The van der Waals surface area contributed by atoms with Crippen molar-refractivity contribution in [3.63, 3.8) is 0 Å². The van der Waals surface area contributed by atoms with Gasteiger partial charge < -0.3 is 10.2 Å². The number of anilines is 1. The van der Waals surface area contributed by atoms with Gasteiger partial charge in [0.05, 0.1) is 5.69 Å². The minimum atomic E-state index is 0.741. The Morgan fingerprint density at radius 3 is 2.72 bits per heavy atom. The maximum atomic E-state index is 4.40. The molecular weight excluding hydrogens is 224 g/mol. The van der Waals surface area contributed by atoms with Crippen LogP contribution >= 0.6 is 0 Å². The van der Waals surface area contributed by atoms with E-state index in [0.717, 1.165) is 43.5 Å². The quantitative estimate of drug-likeness (QED) is 0.880. The number of nitrogens with zero attached hydrogens (tertiary/aromatic N) is 3. The Balaban J connectivity index is 1.59. The van der Waals surface area contributed by atoms with E-state index >= 15 is 0 Å². The van der Waals surface area contributed by atoms with Crippen molar-refractivity contribution in [2.75, 3.05) is 31.1 Å². The fraction of sp³-hybridized carbons (Fsp3) is 0.714. The van der Waals surface area contributed by atoms with Crippen molar-refractivity contribution in [2.45, 2.75) is 32.1 Å². The minimum absolute atomic E-state index is 0.741. The zero-order valence-electron chi connectivity index (χ0n) is 10.9. The van der Waals surface area contributed by atoms with Gasteiger partial charge >= 0.3 is 0 Å². The van der Waals surface area contributed by atoms with Crippen LogP contribution in [-0.4, -0.2) is 36.4 Å². The summed E-state index contributed by atoms with van der Waals surface area (Å²) < 4.78 is 0. The van der Waals surface area contributed by atoms with Gasteiger partial charge in [-0.3, -0.25) is 0 Å². The molecule has 18 heavy (non-hydrogen) atoms. The number of rotatable bonds is 3. The molecule has 0 aliphatic carbocycles. The topological polar surface area (TPSA) is 41.1 Å². The monoisotopic (exact) mass is 246 g/mol. The third kappa shape index (κ3) is 2.80. The van der Waals surface area contributed by atoms with Crippen molar-refractivity contribution in [1.29, 1.82) is 0 Å².